The van der Waals surface area contributed by atoms with Gasteiger partial charge in [0.05, 0.1) is 18.6 Å². The number of ether oxygens (including phenoxy) is 1. The van der Waals surface area contributed by atoms with Crippen molar-refractivity contribution < 1.29 is 4.74 Å². The maximum atomic E-state index is 6.57. The van der Waals surface area contributed by atoms with Gasteiger partial charge in [0.15, 0.2) is 0 Å². The van der Waals surface area contributed by atoms with Crippen LogP contribution in [0.2, 0.25) is 0 Å². The first-order valence-electron chi connectivity index (χ1n) is 5.74. The molecular formula is C14H12BrClOS. The van der Waals surface area contributed by atoms with Gasteiger partial charge in [-0.1, -0.05) is 18.2 Å². The molecule has 1 unspecified atom stereocenters. The molecule has 2 aromatic rings. The van der Waals surface area contributed by atoms with Gasteiger partial charge in [-0.2, -0.15) is 0 Å². The van der Waals surface area contributed by atoms with E-state index < -0.39 is 0 Å². The molecule has 2 heterocycles. The summed E-state index contributed by atoms with van der Waals surface area (Å²) in [5.41, 5.74) is 3.70. The number of fused-ring (bicyclic) bond motifs is 1. The van der Waals surface area contributed by atoms with Crippen LogP contribution in [0.4, 0.5) is 0 Å². The fourth-order valence-electron chi connectivity index (χ4n) is 2.12. The molecular weight excluding hydrogens is 332 g/mol. The summed E-state index contributed by atoms with van der Waals surface area (Å²) < 4.78 is 6.57. The number of hydrogen-bond donors (Lipinski definition) is 0. The van der Waals surface area contributed by atoms with Crippen molar-refractivity contribution in [3.05, 3.63) is 55.2 Å². The standard InChI is InChI=1S/C14H12BrClOS/c1-8-12(15)5-13(18-8)14(16)9-2-3-10-6-17-7-11(10)4-9/h2-5,14H,6-7H2,1H3. The molecule has 94 valence electrons. The maximum absolute atomic E-state index is 6.57. The number of halogens is 2. The topological polar surface area (TPSA) is 9.23 Å². The SMILES string of the molecule is Cc1sc(C(Cl)c2ccc3c(c2)COC3)cc1Br. The van der Waals surface area contributed by atoms with Crippen LogP contribution in [0.1, 0.15) is 31.8 Å². The van der Waals surface area contributed by atoms with Crippen LogP contribution in [0.25, 0.3) is 0 Å². The quantitative estimate of drug-likeness (QED) is 0.683. The fourth-order valence-corrected chi connectivity index (χ4v) is 4.02. The zero-order chi connectivity index (χ0) is 12.7. The number of hydrogen-bond acceptors (Lipinski definition) is 2. The van der Waals surface area contributed by atoms with Gasteiger partial charge in [0.2, 0.25) is 0 Å². The Morgan fingerprint density at radius 3 is 2.78 bits per heavy atom. The van der Waals surface area contributed by atoms with E-state index in [-0.39, 0.29) is 5.38 Å². The Hall–Kier alpha value is -0.350. The molecule has 1 nitrogen and oxygen atoms in total. The van der Waals surface area contributed by atoms with E-state index in [9.17, 15) is 0 Å². The lowest BCUT2D eigenvalue weighted by atomic mass is 10.0. The Balaban J connectivity index is 1.94. The van der Waals surface area contributed by atoms with Crippen molar-refractivity contribution in [2.75, 3.05) is 0 Å². The molecule has 18 heavy (non-hydrogen) atoms. The van der Waals surface area contributed by atoms with E-state index >= 15 is 0 Å². The van der Waals surface area contributed by atoms with Crippen molar-refractivity contribution in [1.29, 1.82) is 0 Å². The van der Waals surface area contributed by atoms with E-state index in [1.54, 1.807) is 11.3 Å². The van der Waals surface area contributed by atoms with E-state index in [0.717, 1.165) is 16.6 Å². The van der Waals surface area contributed by atoms with Crippen LogP contribution in [-0.2, 0) is 18.0 Å². The highest BCUT2D eigenvalue weighted by Gasteiger charge is 2.18. The van der Waals surface area contributed by atoms with Crippen molar-refractivity contribution in [1.82, 2.24) is 0 Å². The first-order chi connectivity index (χ1) is 8.65. The van der Waals surface area contributed by atoms with Crippen molar-refractivity contribution in [3.63, 3.8) is 0 Å². The molecule has 0 fully saturated rings. The molecule has 0 saturated heterocycles. The third kappa shape index (κ3) is 2.25. The second-order valence-corrected chi connectivity index (χ2v) is 7.02. The Kier molecular flexibility index (Phi) is 3.50. The molecule has 0 aliphatic carbocycles. The normalized spacial score (nSPS) is 15.7. The predicted octanol–water partition coefficient (Wildman–Crippen LogP) is 5.18. The molecule has 4 heteroatoms. The maximum Gasteiger partial charge on any atom is 0.0928 e. The van der Waals surface area contributed by atoms with E-state index in [4.69, 9.17) is 16.3 Å². The average Bonchev–Trinajstić information content (AvgIpc) is 2.95. The third-order valence-electron chi connectivity index (χ3n) is 3.16. The highest BCUT2D eigenvalue weighted by atomic mass is 79.9. The summed E-state index contributed by atoms with van der Waals surface area (Å²) in [5, 5.41) is -0.0779. The minimum atomic E-state index is -0.0779. The number of rotatable bonds is 2. The van der Waals surface area contributed by atoms with Crippen LogP contribution in [0.15, 0.2) is 28.7 Å². The Bertz CT molecular complexity index is 574. The first kappa shape index (κ1) is 12.7. The van der Waals surface area contributed by atoms with Crippen LogP contribution in [0, 0.1) is 6.92 Å². The van der Waals surface area contributed by atoms with Crippen LogP contribution in [0.5, 0.6) is 0 Å². The summed E-state index contributed by atoms with van der Waals surface area (Å²) in [4.78, 5) is 2.44. The van der Waals surface area contributed by atoms with Crippen LogP contribution in [0.3, 0.4) is 0 Å². The van der Waals surface area contributed by atoms with Gasteiger partial charge in [-0.3, -0.25) is 0 Å². The summed E-state index contributed by atoms with van der Waals surface area (Å²) in [6, 6.07) is 8.51. The number of benzene rings is 1. The van der Waals surface area contributed by atoms with Crippen molar-refractivity contribution in [2.45, 2.75) is 25.5 Å². The minimum absolute atomic E-state index is 0.0779. The van der Waals surface area contributed by atoms with Gasteiger partial charge in [-0.25, -0.2) is 0 Å². The highest BCUT2D eigenvalue weighted by molar-refractivity contribution is 9.10. The molecule has 1 aliphatic heterocycles. The highest BCUT2D eigenvalue weighted by Crippen LogP contribution is 2.38. The van der Waals surface area contributed by atoms with E-state index in [1.807, 2.05) is 0 Å². The van der Waals surface area contributed by atoms with Crippen molar-refractivity contribution in [2.24, 2.45) is 0 Å². The van der Waals surface area contributed by atoms with Gasteiger partial charge >= 0.3 is 0 Å². The molecule has 0 saturated carbocycles. The molecule has 0 amide bonds. The monoisotopic (exact) mass is 342 g/mol. The van der Waals surface area contributed by atoms with Gasteiger partial charge in [0, 0.05) is 14.2 Å². The van der Waals surface area contributed by atoms with Crippen LogP contribution in [-0.4, -0.2) is 0 Å². The van der Waals surface area contributed by atoms with Gasteiger partial charge in [0.1, 0.15) is 0 Å². The fraction of sp³-hybridized carbons (Fsp3) is 0.286. The zero-order valence-corrected chi connectivity index (χ0v) is 13.0. The smallest absolute Gasteiger partial charge is 0.0928 e. The lowest BCUT2D eigenvalue weighted by Crippen LogP contribution is -1.92. The lowest BCUT2D eigenvalue weighted by molar-refractivity contribution is 0.134. The molecule has 0 N–H and O–H groups in total. The van der Waals surface area contributed by atoms with Gasteiger partial charge in [-0.15, -0.1) is 22.9 Å². The molecule has 0 spiro atoms. The molecule has 1 aromatic carbocycles. The Morgan fingerprint density at radius 1 is 1.28 bits per heavy atom. The molecule has 3 rings (SSSR count). The molecule has 0 radical (unpaired) electrons. The second kappa shape index (κ2) is 4.97. The average molecular weight is 344 g/mol. The molecule has 1 atom stereocenters. The van der Waals surface area contributed by atoms with Gasteiger partial charge < -0.3 is 4.74 Å². The molecule has 1 aromatic heterocycles. The summed E-state index contributed by atoms with van der Waals surface area (Å²) in [6.07, 6.45) is 0. The van der Waals surface area contributed by atoms with Crippen molar-refractivity contribution in [3.8, 4) is 0 Å². The van der Waals surface area contributed by atoms with Crippen LogP contribution < -0.4 is 0 Å². The summed E-state index contributed by atoms with van der Waals surface area (Å²) >= 11 is 11.8. The van der Waals surface area contributed by atoms with E-state index in [0.29, 0.717) is 6.61 Å². The number of alkyl halides is 1. The van der Waals surface area contributed by atoms with Gasteiger partial charge in [-0.05, 0) is 45.6 Å². The molecule has 0 bridgehead atoms. The lowest BCUT2D eigenvalue weighted by Gasteiger charge is -2.09. The number of thiophene rings is 1. The minimum Gasteiger partial charge on any atom is -0.372 e. The summed E-state index contributed by atoms with van der Waals surface area (Å²) in [6.45, 7) is 3.53. The van der Waals surface area contributed by atoms with E-state index in [1.165, 1.54) is 20.9 Å². The number of aryl methyl sites for hydroxylation is 1. The zero-order valence-electron chi connectivity index (χ0n) is 9.87. The van der Waals surface area contributed by atoms with Crippen molar-refractivity contribution >= 4 is 38.9 Å². The third-order valence-corrected chi connectivity index (χ3v) is 5.98. The summed E-state index contributed by atoms with van der Waals surface area (Å²) in [5.74, 6) is 0. The summed E-state index contributed by atoms with van der Waals surface area (Å²) in [7, 11) is 0. The largest absolute Gasteiger partial charge is 0.372 e. The van der Waals surface area contributed by atoms with Crippen LogP contribution >= 0.6 is 38.9 Å². The Labute approximate surface area is 124 Å². The Morgan fingerprint density at radius 2 is 2.06 bits per heavy atom. The second-order valence-electron chi connectivity index (χ2n) is 4.44. The molecule has 1 aliphatic rings. The van der Waals surface area contributed by atoms with E-state index in [2.05, 4.69) is 47.1 Å². The van der Waals surface area contributed by atoms with Gasteiger partial charge in [0.25, 0.3) is 0 Å². The predicted molar refractivity (Wildman–Crippen MR) is 79.4 cm³/mol. The first-order valence-corrected chi connectivity index (χ1v) is 7.79.